The summed E-state index contributed by atoms with van der Waals surface area (Å²) in [6, 6.07) is -0.746. The Hall–Kier alpha value is -0.750. The summed E-state index contributed by atoms with van der Waals surface area (Å²) in [6.45, 7) is 2.04. The van der Waals surface area contributed by atoms with E-state index < -0.39 is 12.0 Å². The van der Waals surface area contributed by atoms with Crippen LogP contribution in [0.5, 0.6) is 0 Å². The largest absolute Gasteiger partial charge is 0.480 e. The van der Waals surface area contributed by atoms with Crippen molar-refractivity contribution in [2.75, 3.05) is 25.1 Å². The number of carbonyl (C=O) groups excluding carboxylic acids is 1. The molecule has 110 valence electrons. The number of amides is 1. The normalized spacial score (nSPS) is 20.8. The Kier molecular flexibility index (Phi) is 7.90. The molecule has 0 spiro atoms. The number of carbonyl (C=O) groups is 2. The Morgan fingerprint density at radius 3 is 2.89 bits per heavy atom. The van der Waals surface area contributed by atoms with Gasteiger partial charge < -0.3 is 15.7 Å². The van der Waals surface area contributed by atoms with Crippen molar-refractivity contribution in [3.8, 4) is 0 Å². The summed E-state index contributed by atoms with van der Waals surface area (Å²) in [4.78, 5) is 22.8. The predicted molar refractivity (Wildman–Crippen MR) is 77.4 cm³/mol. The van der Waals surface area contributed by atoms with Crippen LogP contribution in [0.15, 0.2) is 0 Å². The third-order valence-corrected chi connectivity index (χ3v) is 4.07. The summed E-state index contributed by atoms with van der Waals surface area (Å²) in [7, 11) is 0. The number of thioether (sulfide) groups is 1. The van der Waals surface area contributed by atoms with Crippen molar-refractivity contribution in [3.05, 3.63) is 0 Å². The Bertz CT molecular complexity index is 294. The number of aliphatic carboxylic acids is 1. The van der Waals surface area contributed by atoms with Crippen LogP contribution in [0.25, 0.3) is 0 Å². The second-order valence-corrected chi connectivity index (χ2v) is 5.98. The van der Waals surface area contributed by atoms with Crippen LogP contribution in [-0.2, 0) is 9.59 Å². The molecule has 1 heterocycles. The van der Waals surface area contributed by atoms with E-state index in [-0.39, 0.29) is 5.91 Å². The standard InChI is InChI=1S/C13H24N2O3S/c1-19-8-6-11(13(17)18)15-12(16)5-4-10-3-2-7-14-9-10/h10-11,14H,2-9H2,1H3,(H,15,16)(H,17,18)/t10?,11-/m1/s1. The maximum absolute atomic E-state index is 11.8. The Morgan fingerprint density at radius 1 is 1.53 bits per heavy atom. The van der Waals surface area contributed by atoms with Gasteiger partial charge in [-0.05, 0) is 56.7 Å². The van der Waals surface area contributed by atoms with Crippen LogP contribution < -0.4 is 10.6 Å². The van der Waals surface area contributed by atoms with Gasteiger partial charge >= 0.3 is 5.97 Å². The van der Waals surface area contributed by atoms with E-state index in [0.717, 1.165) is 38.1 Å². The molecule has 5 nitrogen and oxygen atoms in total. The molecule has 1 amide bonds. The number of piperidine rings is 1. The van der Waals surface area contributed by atoms with Gasteiger partial charge in [-0.3, -0.25) is 4.79 Å². The fourth-order valence-electron chi connectivity index (χ4n) is 2.27. The average molecular weight is 288 g/mol. The SMILES string of the molecule is CSCC[C@@H](NC(=O)CCC1CCCNC1)C(=O)O. The number of rotatable bonds is 8. The van der Waals surface area contributed by atoms with Crippen LogP contribution in [0.3, 0.4) is 0 Å². The van der Waals surface area contributed by atoms with E-state index in [2.05, 4.69) is 10.6 Å². The average Bonchev–Trinajstić information content (AvgIpc) is 2.42. The molecule has 0 aromatic rings. The highest BCUT2D eigenvalue weighted by Gasteiger charge is 2.20. The maximum Gasteiger partial charge on any atom is 0.326 e. The van der Waals surface area contributed by atoms with Crippen molar-refractivity contribution in [2.45, 2.75) is 38.1 Å². The van der Waals surface area contributed by atoms with Crippen molar-refractivity contribution in [2.24, 2.45) is 5.92 Å². The summed E-state index contributed by atoms with van der Waals surface area (Å²) in [6.07, 6.45) is 6.00. The highest BCUT2D eigenvalue weighted by Crippen LogP contribution is 2.15. The van der Waals surface area contributed by atoms with Crippen LogP contribution >= 0.6 is 11.8 Å². The molecule has 19 heavy (non-hydrogen) atoms. The molecule has 1 fully saturated rings. The van der Waals surface area contributed by atoms with Crippen molar-refractivity contribution in [3.63, 3.8) is 0 Å². The molecule has 1 saturated heterocycles. The first-order valence-electron chi connectivity index (χ1n) is 6.85. The molecule has 0 aromatic heterocycles. The lowest BCUT2D eigenvalue weighted by atomic mass is 9.94. The van der Waals surface area contributed by atoms with Crippen LogP contribution in [0.4, 0.5) is 0 Å². The number of carboxylic acids is 1. The van der Waals surface area contributed by atoms with Crippen LogP contribution in [0.2, 0.25) is 0 Å². The summed E-state index contributed by atoms with van der Waals surface area (Å²) < 4.78 is 0. The molecule has 2 atom stereocenters. The molecule has 0 aromatic carbocycles. The number of carboxylic acid groups (broad SMARTS) is 1. The zero-order valence-corrected chi connectivity index (χ0v) is 12.3. The lowest BCUT2D eigenvalue weighted by Crippen LogP contribution is -2.41. The highest BCUT2D eigenvalue weighted by molar-refractivity contribution is 7.98. The van der Waals surface area contributed by atoms with E-state index in [9.17, 15) is 9.59 Å². The Balaban J connectivity index is 2.25. The number of hydrogen-bond donors (Lipinski definition) is 3. The van der Waals surface area contributed by atoms with Gasteiger partial charge in [-0.1, -0.05) is 0 Å². The quantitative estimate of drug-likeness (QED) is 0.623. The molecule has 1 aliphatic heterocycles. The molecular formula is C13H24N2O3S. The van der Waals surface area contributed by atoms with Gasteiger partial charge in [0.05, 0.1) is 0 Å². The second kappa shape index (κ2) is 9.20. The van der Waals surface area contributed by atoms with Crippen molar-refractivity contribution in [1.29, 1.82) is 0 Å². The predicted octanol–water partition coefficient (Wildman–Crippen LogP) is 1.09. The molecule has 3 N–H and O–H groups in total. The molecular weight excluding hydrogens is 264 g/mol. The van der Waals surface area contributed by atoms with Gasteiger partial charge in [0.1, 0.15) is 6.04 Å². The van der Waals surface area contributed by atoms with E-state index in [1.807, 2.05) is 6.26 Å². The fraction of sp³-hybridized carbons (Fsp3) is 0.846. The van der Waals surface area contributed by atoms with Crippen molar-refractivity contribution >= 4 is 23.6 Å². The van der Waals surface area contributed by atoms with Gasteiger partial charge in [0.2, 0.25) is 5.91 Å². The van der Waals surface area contributed by atoms with E-state index in [1.54, 1.807) is 11.8 Å². The molecule has 0 bridgehead atoms. The third-order valence-electron chi connectivity index (χ3n) is 3.42. The molecule has 1 unspecified atom stereocenters. The van der Waals surface area contributed by atoms with Gasteiger partial charge in [-0.15, -0.1) is 0 Å². The van der Waals surface area contributed by atoms with Gasteiger partial charge in [0.15, 0.2) is 0 Å². The van der Waals surface area contributed by atoms with E-state index >= 15 is 0 Å². The zero-order valence-electron chi connectivity index (χ0n) is 11.5. The summed E-state index contributed by atoms with van der Waals surface area (Å²) in [5.41, 5.74) is 0. The summed E-state index contributed by atoms with van der Waals surface area (Å²) in [5.74, 6) is 0.207. The summed E-state index contributed by atoms with van der Waals surface area (Å²) in [5, 5.41) is 15.0. The second-order valence-electron chi connectivity index (χ2n) is 4.99. The Morgan fingerprint density at radius 2 is 2.32 bits per heavy atom. The van der Waals surface area contributed by atoms with Crippen LogP contribution in [0, 0.1) is 5.92 Å². The Labute approximate surface area is 118 Å². The third kappa shape index (κ3) is 6.82. The first-order valence-corrected chi connectivity index (χ1v) is 8.24. The van der Waals surface area contributed by atoms with Gasteiger partial charge in [-0.2, -0.15) is 11.8 Å². The maximum atomic E-state index is 11.8. The van der Waals surface area contributed by atoms with Gasteiger partial charge in [-0.25, -0.2) is 4.79 Å². The van der Waals surface area contributed by atoms with Crippen LogP contribution in [0.1, 0.15) is 32.1 Å². The van der Waals surface area contributed by atoms with E-state index in [0.29, 0.717) is 18.8 Å². The van der Waals surface area contributed by atoms with Gasteiger partial charge in [0.25, 0.3) is 0 Å². The lowest BCUT2D eigenvalue weighted by molar-refractivity contribution is -0.141. The van der Waals surface area contributed by atoms with E-state index in [1.165, 1.54) is 0 Å². The van der Waals surface area contributed by atoms with Crippen LogP contribution in [-0.4, -0.2) is 48.1 Å². The zero-order chi connectivity index (χ0) is 14.1. The number of nitrogens with one attached hydrogen (secondary N) is 2. The molecule has 1 rings (SSSR count). The minimum Gasteiger partial charge on any atom is -0.480 e. The van der Waals surface area contributed by atoms with Crippen molar-refractivity contribution in [1.82, 2.24) is 10.6 Å². The fourth-order valence-corrected chi connectivity index (χ4v) is 2.74. The monoisotopic (exact) mass is 288 g/mol. The van der Waals surface area contributed by atoms with E-state index in [4.69, 9.17) is 5.11 Å². The summed E-state index contributed by atoms with van der Waals surface area (Å²) >= 11 is 1.59. The molecule has 0 saturated carbocycles. The molecule has 6 heteroatoms. The minimum atomic E-state index is -0.943. The minimum absolute atomic E-state index is 0.140. The van der Waals surface area contributed by atoms with Crippen molar-refractivity contribution < 1.29 is 14.7 Å². The topological polar surface area (TPSA) is 78.4 Å². The number of hydrogen-bond acceptors (Lipinski definition) is 4. The first kappa shape index (κ1) is 16.3. The molecule has 0 aliphatic carbocycles. The lowest BCUT2D eigenvalue weighted by Gasteiger charge is -2.22. The smallest absolute Gasteiger partial charge is 0.326 e. The first-order chi connectivity index (χ1) is 9.13. The molecule has 0 radical (unpaired) electrons. The van der Waals surface area contributed by atoms with Gasteiger partial charge in [0, 0.05) is 6.42 Å². The molecule has 1 aliphatic rings. The highest BCUT2D eigenvalue weighted by atomic mass is 32.2.